The minimum absolute atomic E-state index is 0.0814. The number of aromatic hydroxyl groups is 5. The van der Waals surface area contributed by atoms with Gasteiger partial charge in [-0.3, -0.25) is 0 Å². The van der Waals surface area contributed by atoms with Gasteiger partial charge in [0.25, 0.3) is 0 Å². The first kappa shape index (κ1) is 29.1. The Morgan fingerprint density at radius 2 is 1.40 bits per heavy atom. The van der Waals surface area contributed by atoms with Crippen LogP contribution in [0.4, 0.5) is 0 Å². The van der Waals surface area contributed by atoms with Gasteiger partial charge in [0.1, 0.15) is 6.10 Å². The Hall–Kier alpha value is -5.43. The van der Waals surface area contributed by atoms with Crippen molar-refractivity contribution in [3.05, 3.63) is 77.4 Å². The molecule has 0 saturated carbocycles. The fourth-order valence-corrected chi connectivity index (χ4v) is 3.46. The smallest absolute Gasteiger partial charge is 0.348 e. The highest BCUT2D eigenvalue weighted by atomic mass is 16.6. The first-order valence-electron chi connectivity index (χ1n) is 11.4. The average Bonchev–Trinajstić information content (AvgIpc) is 2.89. The van der Waals surface area contributed by atoms with Crippen molar-refractivity contribution in [2.75, 3.05) is 0 Å². The SMILES string of the molecule is O=C(C=Cc1ccc(O[C@@H](C(=O)O)[C@H](O)c2ccc(O)c(O)c2)c(O)c1)O[C@H](Cc1ccc(O)c(O)c1)C(=O)O. The number of phenolic OH excluding ortho intramolecular Hbond substituents is 5. The Balaban J connectivity index is 1.68. The predicted molar refractivity (Wildman–Crippen MR) is 135 cm³/mol. The normalized spacial score (nSPS) is 13.3. The third kappa shape index (κ3) is 7.33. The number of hydrogen-bond donors (Lipinski definition) is 8. The van der Waals surface area contributed by atoms with E-state index in [0.29, 0.717) is 0 Å². The molecular formula is C27H24O13. The van der Waals surface area contributed by atoms with Gasteiger partial charge in [-0.15, -0.1) is 0 Å². The molecule has 0 unspecified atom stereocenters. The second-order valence-electron chi connectivity index (χ2n) is 8.42. The van der Waals surface area contributed by atoms with Crippen LogP contribution in [-0.4, -0.2) is 71.0 Å². The second kappa shape index (κ2) is 12.4. The highest BCUT2D eigenvalue weighted by Crippen LogP contribution is 2.33. The number of hydrogen-bond acceptors (Lipinski definition) is 11. The highest BCUT2D eigenvalue weighted by molar-refractivity contribution is 5.89. The van der Waals surface area contributed by atoms with Crippen molar-refractivity contribution in [2.24, 2.45) is 0 Å². The Kier molecular flexibility index (Phi) is 9.04. The van der Waals surface area contributed by atoms with E-state index in [9.17, 15) is 55.2 Å². The Morgan fingerprint density at radius 3 is 1.98 bits per heavy atom. The molecule has 3 atom stereocenters. The molecule has 0 saturated heterocycles. The van der Waals surface area contributed by atoms with Crippen LogP contribution in [0.15, 0.2) is 60.7 Å². The summed E-state index contributed by atoms with van der Waals surface area (Å²) in [6.07, 6.45) is -3.56. The van der Waals surface area contributed by atoms with Gasteiger partial charge in [-0.25, -0.2) is 14.4 Å². The number of aliphatic hydroxyl groups excluding tert-OH is 1. The molecule has 3 aromatic rings. The molecule has 0 spiro atoms. The van der Waals surface area contributed by atoms with Crippen LogP contribution in [0.2, 0.25) is 0 Å². The summed E-state index contributed by atoms with van der Waals surface area (Å²) >= 11 is 0. The topological polar surface area (TPSA) is 232 Å². The van der Waals surface area contributed by atoms with Crippen LogP contribution >= 0.6 is 0 Å². The standard InChI is InChI=1S/C27H24O13/c28-16-5-1-14(10-18(16)30)11-22(26(35)36)39-23(33)8-3-13-2-7-21(20(32)9-13)40-25(27(37)38)24(34)15-4-6-17(29)19(31)12-15/h1-10,12,22,24-25,28-32,34H,11H2,(H,35,36)(H,37,38)/t22-,24-,25-/m1/s1. The van der Waals surface area contributed by atoms with Crippen LogP contribution < -0.4 is 4.74 Å². The number of phenols is 5. The molecule has 0 bridgehead atoms. The molecule has 0 heterocycles. The first-order chi connectivity index (χ1) is 18.8. The lowest BCUT2D eigenvalue weighted by molar-refractivity contribution is -0.160. The van der Waals surface area contributed by atoms with Gasteiger partial charge in [-0.1, -0.05) is 18.2 Å². The molecule has 0 aromatic heterocycles. The van der Waals surface area contributed by atoms with Crippen LogP contribution in [0.5, 0.6) is 34.5 Å². The molecule has 0 fully saturated rings. The van der Waals surface area contributed by atoms with Crippen LogP contribution in [-0.2, 0) is 25.5 Å². The highest BCUT2D eigenvalue weighted by Gasteiger charge is 2.31. The molecule has 0 aliphatic carbocycles. The van der Waals surface area contributed by atoms with Gasteiger partial charge in [0.15, 0.2) is 34.5 Å². The fourth-order valence-electron chi connectivity index (χ4n) is 3.46. The maximum absolute atomic E-state index is 12.2. The largest absolute Gasteiger partial charge is 0.504 e. The average molecular weight is 556 g/mol. The number of carboxylic acid groups (broad SMARTS) is 2. The van der Waals surface area contributed by atoms with Crippen LogP contribution in [0.1, 0.15) is 22.8 Å². The van der Waals surface area contributed by atoms with Crippen molar-refractivity contribution in [3.63, 3.8) is 0 Å². The number of aliphatic carboxylic acids is 2. The van der Waals surface area contributed by atoms with Crippen molar-refractivity contribution in [2.45, 2.75) is 24.7 Å². The number of carbonyl (C=O) groups is 3. The Labute approximate surface area is 225 Å². The zero-order valence-corrected chi connectivity index (χ0v) is 20.4. The number of rotatable bonds is 11. The zero-order valence-electron chi connectivity index (χ0n) is 20.4. The summed E-state index contributed by atoms with van der Waals surface area (Å²) in [6, 6.07) is 10.4. The van der Waals surface area contributed by atoms with E-state index in [1.165, 1.54) is 24.3 Å². The van der Waals surface area contributed by atoms with Crippen molar-refractivity contribution in [1.29, 1.82) is 0 Å². The molecule has 40 heavy (non-hydrogen) atoms. The molecule has 13 heteroatoms. The molecule has 13 nitrogen and oxygen atoms in total. The van der Waals surface area contributed by atoms with E-state index in [2.05, 4.69) is 0 Å². The van der Waals surface area contributed by atoms with Crippen LogP contribution in [0.25, 0.3) is 6.08 Å². The Morgan fingerprint density at radius 1 is 0.750 bits per heavy atom. The number of ether oxygens (including phenoxy) is 2. The molecule has 0 aliphatic rings. The molecule has 3 aromatic carbocycles. The number of aliphatic hydroxyl groups is 1. The minimum atomic E-state index is -1.92. The van der Waals surface area contributed by atoms with E-state index < -0.39 is 65.0 Å². The molecule has 0 aliphatic heterocycles. The van der Waals surface area contributed by atoms with Crippen LogP contribution in [0, 0.1) is 0 Å². The third-order valence-corrected chi connectivity index (χ3v) is 5.51. The lowest BCUT2D eigenvalue weighted by atomic mass is 10.0. The van der Waals surface area contributed by atoms with Gasteiger partial charge in [-0.2, -0.15) is 0 Å². The quantitative estimate of drug-likeness (QED) is 0.0961. The maximum Gasteiger partial charge on any atom is 0.348 e. The van der Waals surface area contributed by atoms with E-state index in [1.807, 2.05) is 0 Å². The summed E-state index contributed by atoms with van der Waals surface area (Å²) in [4.78, 5) is 35.4. The van der Waals surface area contributed by atoms with Crippen molar-refractivity contribution < 1.29 is 64.7 Å². The lowest BCUT2D eigenvalue weighted by Gasteiger charge is -2.21. The van der Waals surface area contributed by atoms with E-state index in [0.717, 1.165) is 42.5 Å². The molecule has 8 N–H and O–H groups in total. The van der Waals surface area contributed by atoms with Crippen LogP contribution in [0.3, 0.4) is 0 Å². The fraction of sp³-hybridized carbons (Fsp3) is 0.148. The molecule has 0 radical (unpaired) electrons. The minimum Gasteiger partial charge on any atom is -0.504 e. The molecular weight excluding hydrogens is 532 g/mol. The summed E-state index contributed by atoms with van der Waals surface area (Å²) in [5, 5.41) is 77.5. The zero-order chi connectivity index (χ0) is 29.6. The van der Waals surface area contributed by atoms with Crippen molar-refractivity contribution >= 4 is 24.0 Å². The number of benzene rings is 3. The van der Waals surface area contributed by atoms with Gasteiger partial charge >= 0.3 is 17.9 Å². The summed E-state index contributed by atoms with van der Waals surface area (Å²) in [5.41, 5.74) is 0.419. The van der Waals surface area contributed by atoms with Crippen molar-refractivity contribution in [1.82, 2.24) is 0 Å². The monoisotopic (exact) mass is 556 g/mol. The summed E-state index contributed by atoms with van der Waals surface area (Å²) in [7, 11) is 0. The van der Waals surface area contributed by atoms with Gasteiger partial charge in [-0.05, 0) is 59.2 Å². The number of esters is 1. The van der Waals surface area contributed by atoms with E-state index in [-0.39, 0.29) is 28.9 Å². The molecule has 3 rings (SSSR count). The van der Waals surface area contributed by atoms with Crippen molar-refractivity contribution in [3.8, 4) is 34.5 Å². The van der Waals surface area contributed by atoms with Gasteiger partial charge in [0.2, 0.25) is 12.2 Å². The summed E-state index contributed by atoms with van der Waals surface area (Å²) in [6.45, 7) is 0. The predicted octanol–water partition coefficient (Wildman–Crippen LogP) is 2.03. The first-order valence-corrected chi connectivity index (χ1v) is 11.4. The molecule has 0 amide bonds. The van der Waals surface area contributed by atoms with Gasteiger partial charge < -0.3 is 50.3 Å². The number of carbonyl (C=O) groups excluding carboxylic acids is 1. The third-order valence-electron chi connectivity index (χ3n) is 5.51. The second-order valence-corrected chi connectivity index (χ2v) is 8.42. The van der Waals surface area contributed by atoms with Gasteiger partial charge in [0.05, 0.1) is 0 Å². The molecule has 210 valence electrons. The number of carboxylic acids is 2. The van der Waals surface area contributed by atoms with Gasteiger partial charge in [0, 0.05) is 12.5 Å². The van der Waals surface area contributed by atoms with E-state index >= 15 is 0 Å². The van der Waals surface area contributed by atoms with E-state index in [4.69, 9.17) is 9.47 Å². The summed E-state index contributed by atoms with van der Waals surface area (Å²) < 4.78 is 10.2. The maximum atomic E-state index is 12.2. The van der Waals surface area contributed by atoms with E-state index in [1.54, 1.807) is 0 Å². The lowest BCUT2D eigenvalue weighted by Crippen LogP contribution is -2.33. The Bertz CT molecular complexity index is 1450. The summed E-state index contributed by atoms with van der Waals surface area (Å²) in [5.74, 6) is -6.92.